The minimum atomic E-state index is -1.21. The Kier molecular flexibility index (Phi) is 3.63. The molecule has 1 unspecified atom stereocenters. The van der Waals surface area contributed by atoms with Gasteiger partial charge in [-0.1, -0.05) is 24.3 Å². The molecular formula is C19H18FNO4. The van der Waals surface area contributed by atoms with E-state index in [2.05, 4.69) is 0 Å². The molecule has 0 spiro atoms. The van der Waals surface area contributed by atoms with Crippen LogP contribution < -0.4 is 0 Å². The number of rotatable bonds is 4. The predicted octanol–water partition coefficient (Wildman–Crippen LogP) is 2.71. The van der Waals surface area contributed by atoms with E-state index in [0.717, 1.165) is 24.0 Å². The van der Waals surface area contributed by atoms with Gasteiger partial charge in [0.2, 0.25) is 0 Å². The van der Waals surface area contributed by atoms with Gasteiger partial charge in [-0.25, -0.2) is 14.0 Å². The van der Waals surface area contributed by atoms with Gasteiger partial charge in [-0.2, -0.15) is 0 Å². The van der Waals surface area contributed by atoms with Crippen LogP contribution in [0.2, 0.25) is 0 Å². The van der Waals surface area contributed by atoms with Crippen molar-refractivity contribution in [3.05, 3.63) is 57.9 Å². The van der Waals surface area contributed by atoms with Crippen molar-refractivity contribution in [3.63, 3.8) is 0 Å². The van der Waals surface area contributed by atoms with Gasteiger partial charge in [0.15, 0.2) is 0 Å². The van der Waals surface area contributed by atoms with Crippen LogP contribution in [-0.4, -0.2) is 42.3 Å². The number of nitrogens with zero attached hydrogens (tertiary/aromatic N) is 1. The van der Waals surface area contributed by atoms with Crippen molar-refractivity contribution in [2.75, 3.05) is 20.3 Å². The largest absolute Gasteiger partial charge is 0.478 e. The third kappa shape index (κ3) is 2.35. The number of cyclic esters (lactones) is 1. The number of allylic oxidation sites excluding steroid dienone is 1. The standard InChI is InChI=1S/C19H18FNO4/c1-21-13(8-20)16(18(22)23)15(17-14(21)9-25-19(17)24)12-5-3-2-4-11(12)10-6-7-10/h2-5,10,15H,6-9H2,1H3,(H,22,23). The molecule has 130 valence electrons. The molecule has 1 aliphatic carbocycles. The maximum absolute atomic E-state index is 13.7. The lowest BCUT2D eigenvalue weighted by Crippen LogP contribution is -2.33. The summed E-state index contributed by atoms with van der Waals surface area (Å²) < 4.78 is 18.9. The van der Waals surface area contributed by atoms with Gasteiger partial charge in [0.1, 0.15) is 13.3 Å². The zero-order valence-corrected chi connectivity index (χ0v) is 13.8. The van der Waals surface area contributed by atoms with Crippen molar-refractivity contribution in [3.8, 4) is 0 Å². The number of hydrogen-bond acceptors (Lipinski definition) is 4. The Morgan fingerprint density at radius 1 is 1.32 bits per heavy atom. The van der Waals surface area contributed by atoms with E-state index in [1.54, 1.807) is 7.05 Å². The summed E-state index contributed by atoms with van der Waals surface area (Å²) in [6.07, 6.45) is 2.09. The van der Waals surface area contributed by atoms with Crippen LogP contribution >= 0.6 is 0 Å². The molecule has 0 bridgehead atoms. The molecule has 0 saturated heterocycles. The predicted molar refractivity (Wildman–Crippen MR) is 87.5 cm³/mol. The molecule has 0 amide bonds. The Labute approximate surface area is 144 Å². The first-order valence-corrected chi connectivity index (χ1v) is 8.29. The normalized spacial score (nSPS) is 23.0. The average Bonchev–Trinajstić information content (AvgIpc) is 3.38. The van der Waals surface area contributed by atoms with Gasteiger partial charge in [-0.3, -0.25) is 0 Å². The fraction of sp³-hybridized carbons (Fsp3) is 0.368. The van der Waals surface area contributed by atoms with Crippen LogP contribution in [0.15, 0.2) is 46.8 Å². The van der Waals surface area contributed by atoms with Crippen LogP contribution in [0.4, 0.5) is 4.39 Å². The molecule has 1 fully saturated rings. The Morgan fingerprint density at radius 2 is 2.00 bits per heavy atom. The van der Waals surface area contributed by atoms with Crippen LogP contribution in [0.1, 0.15) is 35.8 Å². The maximum atomic E-state index is 13.7. The third-order valence-electron chi connectivity index (χ3n) is 5.25. The second kappa shape index (κ2) is 5.72. The first kappa shape index (κ1) is 15.9. The number of benzene rings is 1. The summed E-state index contributed by atoms with van der Waals surface area (Å²) in [7, 11) is 1.58. The lowest BCUT2D eigenvalue weighted by atomic mass is 9.78. The first-order chi connectivity index (χ1) is 12.0. The van der Waals surface area contributed by atoms with E-state index in [1.165, 1.54) is 4.90 Å². The average molecular weight is 343 g/mol. The highest BCUT2D eigenvalue weighted by Gasteiger charge is 2.45. The molecule has 2 aliphatic heterocycles. The van der Waals surface area contributed by atoms with E-state index in [9.17, 15) is 19.1 Å². The number of likely N-dealkylation sites (N-methyl/N-ethyl adjacent to an activating group) is 1. The summed E-state index contributed by atoms with van der Waals surface area (Å²) in [6.45, 7) is -0.867. The number of carboxylic acid groups (broad SMARTS) is 1. The maximum Gasteiger partial charge on any atom is 0.337 e. The van der Waals surface area contributed by atoms with Crippen molar-refractivity contribution in [2.45, 2.75) is 24.7 Å². The lowest BCUT2D eigenvalue weighted by Gasteiger charge is -2.33. The molecule has 4 rings (SSSR count). The molecule has 0 aromatic heterocycles. The molecule has 6 heteroatoms. The van der Waals surface area contributed by atoms with Gasteiger partial charge in [-0.15, -0.1) is 0 Å². The van der Waals surface area contributed by atoms with E-state index in [0.29, 0.717) is 17.2 Å². The molecule has 1 aromatic carbocycles. The van der Waals surface area contributed by atoms with E-state index >= 15 is 0 Å². The zero-order valence-electron chi connectivity index (χ0n) is 13.8. The highest BCUT2D eigenvalue weighted by atomic mass is 19.1. The van der Waals surface area contributed by atoms with Crippen molar-refractivity contribution in [2.24, 2.45) is 0 Å². The van der Waals surface area contributed by atoms with E-state index < -0.39 is 24.5 Å². The molecule has 2 heterocycles. The minimum Gasteiger partial charge on any atom is -0.478 e. The number of aliphatic carboxylic acids is 1. The van der Waals surface area contributed by atoms with Crippen LogP contribution in [0, 0.1) is 0 Å². The third-order valence-corrected chi connectivity index (χ3v) is 5.25. The minimum absolute atomic E-state index is 0.0448. The van der Waals surface area contributed by atoms with Crippen LogP contribution in [0.5, 0.6) is 0 Å². The first-order valence-electron chi connectivity index (χ1n) is 8.29. The smallest absolute Gasteiger partial charge is 0.337 e. The Bertz CT molecular complexity index is 838. The number of carbonyl (C=O) groups is 2. The number of esters is 1. The van der Waals surface area contributed by atoms with E-state index in [1.807, 2.05) is 24.3 Å². The number of carbonyl (C=O) groups excluding carboxylic acids is 1. The van der Waals surface area contributed by atoms with Gasteiger partial charge in [0.25, 0.3) is 0 Å². The molecule has 0 radical (unpaired) electrons. The Morgan fingerprint density at radius 3 is 2.60 bits per heavy atom. The highest BCUT2D eigenvalue weighted by Crippen LogP contribution is 2.49. The van der Waals surface area contributed by atoms with Crippen LogP contribution in [0.3, 0.4) is 0 Å². The molecular weight excluding hydrogens is 325 g/mol. The number of ether oxygens (including phenoxy) is 1. The van der Waals surface area contributed by atoms with Crippen molar-refractivity contribution < 1.29 is 23.8 Å². The van der Waals surface area contributed by atoms with Gasteiger partial charge in [-0.05, 0) is 29.9 Å². The second-order valence-corrected chi connectivity index (χ2v) is 6.63. The second-order valence-electron chi connectivity index (χ2n) is 6.63. The topological polar surface area (TPSA) is 66.8 Å². The van der Waals surface area contributed by atoms with Crippen molar-refractivity contribution in [1.29, 1.82) is 0 Å². The number of halogens is 1. The fourth-order valence-electron chi connectivity index (χ4n) is 3.88. The Balaban J connectivity index is 1.97. The molecule has 5 nitrogen and oxygen atoms in total. The number of alkyl halides is 1. The lowest BCUT2D eigenvalue weighted by molar-refractivity contribution is -0.136. The molecule has 1 saturated carbocycles. The number of carboxylic acids is 1. The molecule has 1 atom stereocenters. The summed E-state index contributed by atoms with van der Waals surface area (Å²) >= 11 is 0. The highest BCUT2D eigenvalue weighted by molar-refractivity contribution is 6.00. The molecule has 1 N–H and O–H groups in total. The van der Waals surface area contributed by atoms with Crippen molar-refractivity contribution >= 4 is 11.9 Å². The summed E-state index contributed by atoms with van der Waals surface area (Å²) in [5.41, 5.74) is 2.70. The summed E-state index contributed by atoms with van der Waals surface area (Å²) in [6, 6.07) is 7.56. The summed E-state index contributed by atoms with van der Waals surface area (Å²) in [5.74, 6) is -2.14. The van der Waals surface area contributed by atoms with Gasteiger partial charge >= 0.3 is 11.9 Å². The zero-order chi connectivity index (χ0) is 17.7. The Hall–Kier alpha value is -2.63. The van der Waals surface area contributed by atoms with Gasteiger partial charge in [0, 0.05) is 7.05 Å². The van der Waals surface area contributed by atoms with E-state index in [4.69, 9.17) is 4.74 Å². The van der Waals surface area contributed by atoms with Crippen LogP contribution in [-0.2, 0) is 14.3 Å². The molecule has 25 heavy (non-hydrogen) atoms. The van der Waals surface area contributed by atoms with Crippen LogP contribution in [0.25, 0.3) is 0 Å². The molecule has 3 aliphatic rings. The van der Waals surface area contributed by atoms with Crippen molar-refractivity contribution in [1.82, 2.24) is 4.90 Å². The summed E-state index contributed by atoms with van der Waals surface area (Å²) in [5, 5.41) is 9.81. The van der Waals surface area contributed by atoms with Gasteiger partial charge < -0.3 is 14.7 Å². The van der Waals surface area contributed by atoms with Gasteiger partial charge in [0.05, 0.1) is 28.5 Å². The quantitative estimate of drug-likeness (QED) is 0.852. The SMILES string of the molecule is CN1C(CF)=C(C(=O)O)C(c2ccccc2C2CC2)C2=C1COC2=O. The fourth-order valence-corrected chi connectivity index (χ4v) is 3.88. The monoisotopic (exact) mass is 343 g/mol. The van der Waals surface area contributed by atoms with E-state index in [-0.39, 0.29) is 17.9 Å². The molecule has 1 aromatic rings. The number of hydrogen-bond donors (Lipinski definition) is 1. The summed E-state index contributed by atoms with van der Waals surface area (Å²) in [4.78, 5) is 25.9.